The second-order valence-corrected chi connectivity index (χ2v) is 7.37. The van der Waals surface area contributed by atoms with Gasteiger partial charge in [0.05, 0.1) is 19.8 Å². The third kappa shape index (κ3) is 6.87. The molecular formula is C23H29FN4O3. The van der Waals surface area contributed by atoms with Crippen molar-refractivity contribution in [1.29, 1.82) is 0 Å². The molecule has 0 atom stereocenters. The van der Waals surface area contributed by atoms with E-state index < -0.39 is 0 Å². The highest BCUT2D eigenvalue weighted by Gasteiger charge is 2.12. The molecule has 0 bridgehead atoms. The van der Waals surface area contributed by atoms with Gasteiger partial charge in [0, 0.05) is 45.2 Å². The molecule has 0 unspecified atom stereocenters. The van der Waals surface area contributed by atoms with Crippen LogP contribution in [0.5, 0.6) is 11.5 Å². The van der Waals surface area contributed by atoms with Crippen LogP contribution < -0.4 is 20.1 Å². The molecule has 2 aromatic carbocycles. The Morgan fingerprint density at radius 2 is 1.90 bits per heavy atom. The highest BCUT2D eigenvalue weighted by atomic mass is 19.1. The number of anilines is 1. The first-order valence-corrected chi connectivity index (χ1v) is 10.4. The van der Waals surface area contributed by atoms with Crippen molar-refractivity contribution in [2.24, 2.45) is 4.99 Å². The molecule has 0 spiro atoms. The Balaban J connectivity index is 1.66. The quantitative estimate of drug-likeness (QED) is 0.524. The first-order valence-electron chi connectivity index (χ1n) is 10.4. The summed E-state index contributed by atoms with van der Waals surface area (Å²) in [6, 6.07) is 12.3. The standard InChI is InChI=1S/C23H29FN4O3/c1-28(2)22(29)11-13-26-23(25-12-10-17-6-3-4-7-19(17)24)27-18-8-9-20-21(16-18)31-15-5-14-30-20/h3-4,6-9,16H,5,10-15H2,1-2H3,(H2,25,26,27). The van der Waals surface area contributed by atoms with Crippen LogP contribution in [-0.2, 0) is 11.2 Å². The number of aliphatic imine (C=N–C) groups is 1. The largest absolute Gasteiger partial charge is 0.490 e. The van der Waals surface area contributed by atoms with Crippen molar-refractivity contribution in [2.45, 2.75) is 19.3 Å². The van der Waals surface area contributed by atoms with E-state index in [2.05, 4.69) is 15.6 Å². The molecule has 2 N–H and O–H groups in total. The van der Waals surface area contributed by atoms with Crippen molar-refractivity contribution in [3.63, 3.8) is 0 Å². The smallest absolute Gasteiger partial charge is 0.223 e. The summed E-state index contributed by atoms with van der Waals surface area (Å²) in [6.45, 7) is 2.05. The molecule has 0 saturated carbocycles. The van der Waals surface area contributed by atoms with Gasteiger partial charge in [-0.1, -0.05) is 18.2 Å². The van der Waals surface area contributed by atoms with Gasteiger partial charge in [0.15, 0.2) is 17.5 Å². The van der Waals surface area contributed by atoms with Crippen LogP contribution in [0.1, 0.15) is 18.4 Å². The zero-order chi connectivity index (χ0) is 22.1. The van der Waals surface area contributed by atoms with Crippen LogP contribution in [0.3, 0.4) is 0 Å². The molecule has 1 heterocycles. The van der Waals surface area contributed by atoms with Crippen LogP contribution in [0, 0.1) is 5.82 Å². The second-order valence-electron chi connectivity index (χ2n) is 7.37. The first kappa shape index (κ1) is 22.4. The van der Waals surface area contributed by atoms with Crippen LogP contribution >= 0.6 is 0 Å². The van der Waals surface area contributed by atoms with E-state index in [0.29, 0.717) is 62.2 Å². The molecule has 0 aromatic heterocycles. The number of halogens is 1. The van der Waals surface area contributed by atoms with Crippen molar-refractivity contribution in [3.8, 4) is 11.5 Å². The number of amides is 1. The molecule has 31 heavy (non-hydrogen) atoms. The van der Waals surface area contributed by atoms with Crippen LogP contribution in [0.4, 0.5) is 10.1 Å². The molecule has 1 aliphatic rings. The lowest BCUT2D eigenvalue weighted by Gasteiger charge is -2.15. The maximum Gasteiger partial charge on any atom is 0.223 e. The third-order valence-corrected chi connectivity index (χ3v) is 4.75. The summed E-state index contributed by atoms with van der Waals surface area (Å²) in [4.78, 5) is 17.9. The second kappa shape index (κ2) is 11.2. The zero-order valence-corrected chi connectivity index (χ0v) is 18.0. The summed E-state index contributed by atoms with van der Waals surface area (Å²) in [5.41, 5.74) is 1.41. The topological polar surface area (TPSA) is 75.2 Å². The van der Waals surface area contributed by atoms with Gasteiger partial charge < -0.3 is 25.0 Å². The predicted molar refractivity (Wildman–Crippen MR) is 119 cm³/mol. The zero-order valence-electron chi connectivity index (χ0n) is 18.0. The molecule has 0 aliphatic carbocycles. The number of guanidine groups is 1. The fraction of sp³-hybridized carbons (Fsp3) is 0.391. The van der Waals surface area contributed by atoms with Gasteiger partial charge in [-0.05, 0) is 30.2 Å². The molecule has 1 amide bonds. The molecule has 0 saturated heterocycles. The molecular weight excluding hydrogens is 399 g/mol. The molecule has 2 aromatic rings. The number of hydrogen-bond donors (Lipinski definition) is 2. The van der Waals surface area contributed by atoms with Crippen LogP contribution in [0.2, 0.25) is 0 Å². The summed E-state index contributed by atoms with van der Waals surface area (Å²) >= 11 is 0. The number of nitrogens with one attached hydrogen (secondary N) is 2. The van der Waals surface area contributed by atoms with Crippen molar-refractivity contribution < 1.29 is 18.7 Å². The highest BCUT2D eigenvalue weighted by Crippen LogP contribution is 2.32. The summed E-state index contributed by atoms with van der Waals surface area (Å²) < 4.78 is 25.3. The lowest BCUT2D eigenvalue weighted by atomic mass is 10.1. The lowest BCUT2D eigenvalue weighted by Crippen LogP contribution is -2.33. The third-order valence-electron chi connectivity index (χ3n) is 4.75. The number of rotatable bonds is 7. The maximum atomic E-state index is 13.9. The number of ether oxygens (including phenoxy) is 2. The van der Waals surface area contributed by atoms with E-state index in [0.717, 1.165) is 12.1 Å². The summed E-state index contributed by atoms with van der Waals surface area (Å²) in [5, 5.41) is 6.45. The Morgan fingerprint density at radius 3 is 2.68 bits per heavy atom. The fourth-order valence-corrected chi connectivity index (χ4v) is 3.02. The minimum Gasteiger partial charge on any atom is -0.490 e. The predicted octanol–water partition coefficient (Wildman–Crippen LogP) is 3.07. The summed E-state index contributed by atoms with van der Waals surface area (Å²) in [7, 11) is 3.44. The van der Waals surface area contributed by atoms with Crippen molar-refractivity contribution in [1.82, 2.24) is 10.2 Å². The van der Waals surface area contributed by atoms with Gasteiger partial charge in [-0.25, -0.2) is 4.39 Å². The molecule has 166 valence electrons. The average molecular weight is 429 g/mol. The Hall–Kier alpha value is -3.29. The number of carbonyl (C=O) groups excluding carboxylic acids is 1. The van der Waals surface area contributed by atoms with Gasteiger partial charge >= 0.3 is 0 Å². The Kier molecular flexibility index (Phi) is 8.09. The number of benzene rings is 2. The Morgan fingerprint density at radius 1 is 1.13 bits per heavy atom. The van der Waals surface area contributed by atoms with E-state index in [1.807, 2.05) is 24.3 Å². The Labute approximate surface area is 182 Å². The first-order chi connectivity index (χ1) is 15.0. The average Bonchev–Trinajstić information content (AvgIpc) is 2.99. The van der Waals surface area contributed by atoms with Gasteiger partial charge in [0.2, 0.25) is 5.91 Å². The Bertz CT molecular complexity index is 917. The van der Waals surface area contributed by atoms with Gasteiger partial charge in [-0.3, -0.25) is 9.79 Å². The number of carbonyl (C=O) groups is 1. The van der Waals surface area contributed by atoms with Gasteiger partial charge in [-0.2, -0.15) is 0 Å². The van der Waals surface area contributed by atoms with Crippen molar-refractivity contribution in [2.75, 3.05) is 45.7 Å². The molecule has 8 heteroatoms. The van der Waals surface area contributed by atoms with E-state index in [1.54, 1.807) is 26.2 Å². The summed E-state index contributed by atoms with van der Waals surface area (Å²) in [6.07, 6.45) is 1.64. The van der Waals surface area contributed by atoms with Gasteiger partial charge in [0.1, 0.15) is 5.82 Å². The van der Waals surface area contributed by atoms with Gasteiger partial charge in [0.25, 0.3) is 0 Å². The molecule has 3 rings (SSSR count). The van der Waals surface area contributed by atoms with Crippen LogP contribution in [-0.4, -0.2) is 57.2 Å². The minimum atomic E-state index is -0.227. The molecule has 1 aliphatic heterocycles. The molecule has 0 fully saturated rings. The number of hydrogen-bond acceptors (Lipinski definition) is 4. The van der Waals surface area contributed by atoms with Crippen molar-refractivity contribution >= 4 is 17.6 Å². The fourth-order valence-electron chi connectivity index (χ4n) is 3.02. The van der Waals surface area contributed by atoms with Gasteiger partial charge in [-0.15, -0.1) is 0 Å². The molecule has 7 nitrogen and oxygen atoms in total. The van der Waals surface area contributed by atoms with E-state index in [9.17, 15) is 9.18 Å². The maximum absolute atomic E-state index is 13.9. The van der Waals surface area contributed by atoms with Crippen LogP contribution in [0.25, 0.3) is 0 Å². The highest BCUT2D eigenvalue weighted by molar-refractivity contribution is 5.94. The monoisotopic (exact) mass is 428 g/mol. The summed E-state index contributed by atoms with van der Waals surface area (Å²) in [5.74, 6) is 1.68. The van der Waals surface area contributed by atoms with E-state index >= 15 is 0 Å². The normalized spacial score (nSPS) is 13.3. The van der Waals surface area contributed by atoms with Crippen molar-refractivity contribution in [3.05, 3.63) is 53.8 Å². The number of fused-ring (bicyclic) bond motifs is 1. The van der Waals surface area contributed by atoms with E-state index in [4.69, 9.17) is 9.47 Å². The molecule has 0 radical (unpaired) electrons. The van der Waals surface area contributed by atoms with Crippen LogP contribution in [0.15, 0.2) is 47.5 Å². The lowest BCUT2D eigenvalue weighted by molar-refractivity contribution is -0.128. The number of nitrogens with zero attached hydrogens (tertiary/aromatic N) is 2. The van der Waals surface area contributed by atoms with E-state index in [-0.39, 0.29) is 11.7 Å². The van der Waals surface area contributed by atoms with E-state index in [1.165, 1.54) is 11.0 Å². The SMILES string of the molecule is CN(C)C(=O)CCN=C(NCCc1ccccc1F)Nc1ccc2c(c1)OCCCO2. The minimum absolute atomic E-state index is 0.00466.